The number of carbonyl (C=O) groups is 1. The van der Waals surface area contributed by atoms with Crippen molar-refractivity contribution >= 4 is 5.97 Å². The first-order valence-corrected chi connectivity index (χ1v) is 6.33. The summed E-state index contributed by atoms with van der Waals surface area (Å²) in [5, 5.41) is 9.23. The van der Waals surface area contributed by atoms with E-state index in [4.69, 9.17) is 0 Å². The van der Waals surface area contributed by atoms with Crippen LogP contribution in [0.2, 0.25) is 0 Å². The van der Waals surface area contributed by atoms with Crippen molar-refractivity contribution in [3.05, 3.63) is 51.6 Å². The van der Waals surface area contributed by atoms with Crippen LogP contribution in [0, 0.1) is 6.92 Å². The third-order valence-electron chi connectivity index (χ3n) is 3.24. The van der Waals surface area contributed by atoms with Crippen molar-refractivity contribution in [3.63, 3.8) is 0 Å². The first kappa shape index (κ1) is 14.0. The van der Waals surface area contributed by atoms with Crippen molar-refractivity contribution in [1.29, 1.82) is 0 Å². The van der Waals surface area contributed by atoms with Crippen LogP contribution in [0.5, 0.6) is 0 Å². The van der Waals surface area contributed by atoms with E-state index in [1.807, 2.05) is 25.1 Å². The molecule has 20 heavy (non-hydrogen) atoms. The fourth-order valence-corrected chi connectivity index (χ4v) is 2.04. The van der Waals surface area contributed by atoms with Gasteiger partial charge in [-0.25, -0.2) is 14.6 Å². The van der Waals surface area contributed by atoms with Crippen molar-refractivity contribution in [1.82, 2.24) is 9.97 Å². The molecule has 2 aromatic rings. The summed E-state index contributed by atoms with van der Waals surface area (Å²) in [5.74, 6) is -0.797. The summed E-state index contributed by atoms with van der Waals surface area (Å²) in [6.45, 7) is 5.99. The van der Waals surface area contributed by atoms with Gasteiger partial charge in [-0.05, 0) is 30.0 Å². The molecule has 0 spiro atoms. The summed E-state index contributed by atoms with van der Waals surface area (Å²) < 4.78 is 0. The summed E-state index contributed by atoms with van der Waals surface area (Å²) in [7, 11) is 0. The summed E-state index contributed by atoms with van der Waals surface area (Å²) in [6.07, 6.45) is 1.10. The molecule has 0 radical (unpaired) electrons. The van der Waals surface area contributed by atoms with Gasteiger partial charge in [0.1, 0.15) is 5.56 Å². The van der Waals surface area contributed by atoms with Gasteiger partial charge in [-0.3, -0.25) is 0 Å². The lowest BCUT2D eigenvalue weighted by Crippen LogP contribution is -2.15. The number of aromatic carboxylic acids is 1. The Labute approximate surface area is 116 Å². The summed E-state index contributed by atoms with van der Waals surface area (Å²) in [5.41, 5.74) is 2.44. The maximum absolute atomic E-state index is 11.4. The third kappa shape index (κ3) is 2.61. The molecule has 104 valence electrons. The third-order valence-corrected chi connectivity index (χ3v) is 3.24. The second-order valence-electron chi connectivity index (χ2n) is 5.01. The monoisotopic (exact) mass is 272 g/mol. The quantitative estimate of drug-likeness (QED) is 0.899. The SMILES string of the molecule is Cc1ccc(C(C)C)cc1-c1[nH]c(=O)ncc1C(=O)O. The molecule has 1 aromatic carbocycles. The van der Waals surface area contributed by atoms with E-state index in [0.717, 1.165) is 17.3 Å². The average molecular weight is 272 g/mol. The Morgan fingerprint density at radius 1 is 1.35 bits per heavy atom. The molecule has 5 heteroatoms. The normalized spacial score (nSPS) is 10.8. The Bertz CT molecular complexity index is 717. The highest BCUT2D eigenvalue weighted by Crippen LogP contribution is 2.27. The minimum Gasteiger partial charge on any atom is -0.478 e. The van der Waals surface area contributed by atoms with Crippen LogP contribution in [-0.2, 0) is 0 Å². The fourth-order valence-electron chi connectivity index (χ4n) is 2.04. The van der Waals surface area contributed by atoms with E-state index in [0.29, 0.717) is 17.2 Å². The highest BCUT2D eigenvalue weighted by atomic mass is 16.4. The predicted molar refractivity (Wildman–Crippen MR) is 76.1 cm³/mol. The van der Waals surface area contributed by atoms with E-state index in [-0.39, 0.29) is 5.56 Å². The molecule has 1 heterocycles. The Balaban J connectivity index is 2.73. The number of nitrogens with zero attached hydrogens (tertiary/aromatic N) is 1. The molecule has 0 saturated heterocycles. The number of nitrogens with one attached hydrogen (secondary N) is 1. The van der Waals surface area contributed by atoms with Gasteiger partial charge in [-0.2, -0.15) is 0 Å². The zero-order chi connectivity index (χ0) is 14.9. The van der Waals surface area contributed by atoms with Crippen LogP contribution in [0.15, 0.2) is 29.2 Å². The molecular weight excluding hydrogens is 256 g/mol. The number of H-pyrrole nitrogens is 1. The number of rotatable bonds is 3. The number of hydrogen-bond acceptors (Lipinski definition) is 3. The lowest BCUT2D eigenvalue weighted by Gasteiger charge is -2.12. The molecule has 1 aromatic heterocycles. The van der Waals surface area contributed by atoms with Crippen molar-refractivity contribution in [2.24, 2.45) is 0 Å². The zero-order valence-electron chi connectivity index (χ0n) is 11.6. The van der Waals surface area contributed by atoms with Crippen LogP contribution in [0.3, 0.4) is 0 Å². The number of aromatic nitrogens is 2. The molecule has 5 nitrogen and oxygen atoms in total. The highest BCUT2D eigenvalue weighted by Gasteiger charge is 2.16. The molecule has 0 unspecified atom stereocenters. The molecule has 2 N–H and O–H groups in total. The molecule has 2 rings (SSSR count). The first-order valence-electron chi connectivity index (χ1n) is 6.33. The number of hydrogen-bond donors (Lipinski definition) is 2. The van der Waals surface area contributed by atoms with Gasteiger partial charge >= 0.3 is 11.7 Å². The van der Waals surface area contributed by atoms with Crippen molar-refractivity contribution in [2.45, 2.75) is 26.7 Å². The molecule has 0 aliphatic rings. The Morgan fingerprint density at radius 3 is 2.65 bits per heavy atom. The molecule has 0 saturated carbocycles. The minimum atomic E-state index is -1.11. The largest absolute Gasteiger partial charge is 0.478 e. The van der Waals surface area contributed by atoms with Crippen LogP contribution >= 0.6 is 0 Å². The van der Waals surface area contributed by atoms with E-state index in [1.54, 1.807) is 0 Å². The Kier molecular flexibility index (Phi) is 3.70. The molecular formula is C15H16N2O3. The molecule has 0 atom stereocenters. The topological polar surface area (TPSA) is 83.0 Å². The summed E-state index contributed by atoms with van der Waals surface area (Å²) in [4.78, 5) is 28.7. The van der Waals surface area contributed by atoms with E-state index in [9.17, 15) is 14.7 Å². The minimum absolute atomic E-state index is 0.00592. The van der Waals surface area contributed by atoms with Crippen molar-refractivity contribution in [3.8, 4) is 11.3 Å². The number of aromatic amines is 1. The molecule has 0 bridgehead atoms. The standard InChI is InChI=1S/C15H16N2O3/c1-8(2)10-5-4-9(3)11(6-10)13-12(14(18)19)7-16-15(20)17-13/h4-8H,1-3H3,(H,18,19)(H,16,17,20). The Hall–Kier alpha value is -2.43. The smallest absolute Gasteiger partial charge is 0.345 e. The van der Waals surface area contributed by atoms with Crippen LogP contribution < -0.4 is 5.69 Å². The maximum Gasteiger partial charge on any atom is 0.345 e. The van der Waals surface area contributed by atoms with E-state index in [2.05, 4.69) is 23.8 Å². The Morgan fingerprint density at radius 2 is 2.05 bits per heavy atom. The van der Waals surface area contributed by atoms with Crippen LogP contribution in [0.4, 0.5) is 0 Å². The van der Waals surface area contributed by atoms with Gasteiger partial charge < -0.3 is 10.1 Å². The predicted octanol–water partition coefficient (Wildman–Crippen LogP) is 2.57. The van der Waals surface area contributed by atoms with Crippen LogP contribution in [0.25, 0.3) is 11.3 Å². The number of aryl methyl sites for hydroxylation is 1. The van der Waals surface area contributed by atoms with Gasteiger partial charge in [0.2, 0.25) is 0 Å². The van der Waals surface area contributed by atoms with E-state index >= 15 is 0 Å². The van der Waals surface area contributed by atoms with E-state index < -0.39 is 11.7 Å². The zero-order valence-corrected chi connectivity index (χ0v) is 11.6. The van der Waals surface area contributed by atoms with Gasteiger partial charge in [-0.1, -0.05) is 26.0 Å². The maximum atomic E-state index is 11.4. The average Bonchev–Trinajstić information content (AvgIpc) is 2.38. The number of carboxylic acids is 1. The van der Waals surface area contributed by atoms with Crippen molar-refractivity contribution < 1.29 is 9.90 Å². The highest BCUT2D eigenvalue weighted by molar-refractivity contribution is 5.94. The van der Waals surface area contributed by atoms with E-state index in [1.165, 1.54) is 0 Å². The van der Waals surface area contributed by atoms with Gasteiger partial charge in [0, 0.05) is 11.8 Å². The van der Waals surface area contributed by atoms with Crippen LogP contribution in [-0.4, -0.2) is 21.0 Å². The molecule has 0 aliphatic carbocycles. The summed E-state index contributed by atoms with van der Waals surface area (Å²) >= 11 is 0. The van der Waals surface area contributed by atoms with Gasteiger partial charge in [-0.15, -0.1) is 0 Å². The lowest BCUT2D eigenvalue weighted by atomic mass is 9.95. The second-order valence-corrected chi connectivity index (χ2v) is 5.01. The molecule has 0 fully saturated rings. The summed E-state index contributed by atoms with van der Waals surface area (Å²) in [6, 6.07) is 5.84. The fraction of sp³-hybridized carbons (Fsp3) is 0.267. The van der Waals surface area contributed by atoms with Gasteiger partial charge in [0.15, 0.2) is 0 Å². The number of carboxylic acid groups (broad SMARTS) is 1. The van der Waals surface area contributed by atoms with Crippen molar-refractivity contribution in [2.75, 3.05) is 0 Å². The number of benzene rings is 1. The van der Waals surface area contributed by atoms with Gasteiger partial charge in [0.05, 0.1) is 5.69 Å². The molecule has 0 aliphatic heterocycles. The van der Waals surface area contributed by atoms with Gasteiger partial charge in [0.25, 0.3) is 0 Å². The van der Waals surface area contributed by atoms with Crippen LogP contribution in [0.1, 0.15) is 41.3 Å². The second kappa shape index (κ2) is 5.28. The first-order chi connectivity index (χ1) is 9.40. The molecule has 0 amide bonds. The lowest BCUT2D eigenvalue weighted by molar-refractivity contribution is 0.0697.